The Labute approximate surface area is 90.3 Å². The minimum atomic E-state index is -0.340. The second kappa shape index (κ2) is 3.93. The SMILES string of the molecule is N=N/C(=C\N)c1cc2ccncc2[nH]c1=O. The molecule has 0 aliphatic carbocycles. The first-order valence-electron chi connectivity index (χ1n) is 4.53. The van der Waals surface area contributed by atoms with Crippen LogP contribution in [0, 0.1) is 5.53 Å². The highest BCUT2D eigenvalue weighted by Gasteiger charge is 2.06. The van der Waals surface area contributed by atoms with Gasteiger partial charge >= 0.3 is 0 Å². The predicted molar refractivity (Wildman–Crippen MR) is 59.7 cm³/mol. The van der Waals surface area contributed by atoms with E-state index in [4.69, 9.17) is 11.3 Å². The minimum Gasteiger partial charge on any atom is -0.403 e. The van der Waals surface area contributed by atoms with Crippen molar-refractivity contribution in [2.75, 3.05) is 0 Å². The van der Waals surface area contributed by atoms with Crippen molar-refractivity contribution in [2.45, 2.75) is 0 Å². The Bertz CT molecular complexity index is 628. The molecular formula is C10H9N5O. The van der Waals surface area contributed by atoms with Crippen LogP contribution in [-0.2, 0) is 0 Å². The van der Waals surface area contributed by atoms with E-state index in [0.29, 0.717) is 5.52 Å². The fourth-order valence-corrected chi connectivity index (χ4v) is 1.42. The largest absolute Gasteiger partial charge is 0.403 e. The molecule has 16 heavy (non-hydrogen) atoms. The molecule has 0 amide bonds. The van der Waals surface area contributed by atoms with Gasteiger partial charge in [0.15, 0.2) is 0 Å². The van der Waals surface area contributed by atoms with E-state index in [0.717, 1.165) is 11.6 Å². The molecule has 0 saturated heterocycles. The molecule has 6 heteroatoms. The monoisotopic (exact) mass is 215 g/mol. The summed E-state index contributed by atoms with van der Waals surface area (Å²) in [5.41, 5.74) is 12.9. The van der Waals surface area contributed by atoms with E-state index in [1.807, 2.05) is 0 Å². The molecule has 0 bridgehead atoms. The number of aromatic nitrogens is 2. The average Bonchev–Trinajstić information content (AvgIpc) is 2.31. The van der Waals surface area contributed by atoms with Crippen molar-refractivity contribution in [1.82, 2.24) is 9.97 Å². The average molecular weight is 215 g/mol. The van der Waals surface area contributed by atoms with Crippen molar-refractivity contribution in [1.29, 1.82) is 5.53 Å². The van der Waals surface area contributed by atoms with Gasteiger partial charge in [-0.2, -0.15) is 5.11 Å². The highest BCUT2D eigenvalue weighted by Crippen LogP contribution is 2.15. The van der Waals surface area contributed by atoms with Crippen molar-refractivity contribution in [3.05, 3.63) is 46.6 Å². The molecule has 0 radical (unpaired) electrons. The lowest BCUT2D eigenvalue weighted by atomic mass is 10.1. The second-order valence-electron chi connectivity index (χ2n) is 3.14. The smallest absolute Gasteiger partial charge is 0.258 e. The van der Waals surface area contributed by atoms with Crippen LogP contribution in [0.25, 0.3) is 16.6 Å². The Balaban J connectivity index is 2.77. The highest BCUT2D eigenvalue weighted by atomic mass is 16.1. The van der Waals surface area contributed by atoms with Gasteiger partial charge in [-0.05, 0) is 12.1 Å². The summed E-state index contributed by atoms with van der Waals surface area (Å²) < 4.78 is 0. The van der Waals surface area contributed by atoms with E-state index in [1.54, 1.807) is 24.5 Å². The molecule has 0 aliphatic heterocycles. The summed E-state index contributed by atoms with van der Waals surface area (Å²) in [6, 6.07) is 3.39. The zero-order chi connectivity index (χ0) is 11.5. The maximum Gasteiger partial charge on any atom is 0.258 e. The Hall–Kier alpha value is -2.50. The van der Waals surface area contributed by atoms with Gasteiger partial charge in [-0.15, -0.1) is 0 Å². The fraction of sp³-hybridized carbons (Fsp3) is 0. The third kappa shape index (κ3) is 1.56. The van der Waals surface area contributed by atoms with Crippen molar-refractivity contribution >= 4 is 16.6 Å². The van der Waals surface area contributed by atoms with Gasteiger partial charge in [0.05, 0.1) is 17.3 Å². The lowest BCUT2D eigenvalue weighted by Gasteiger charge is -2.01. The quantitative estimate of drug-likeness (QED) is 0.655. The fourth-order valence-electron chi connectivity index (χ4n) is 1.42. The third-order valence-electron chi connectivity index (χ3n) is 2.20. The molecule has 2 aromatic heterocycles. The van der Waals surface area contributed by atoms with Crippen LogP contribution >= 0.6 is 0 Å². The van der Waals surface area contributed by atoms with Crippen molar-refractivity contribution in [2.24, 2.45) is 10.8 Å². The van der Waals surface area contributed by atoms with Crippen LogP contribution in [0.15, 0.2) is 40.6 Å². The maximum absolute atomic E-state index is 11.7. The summed E-state index contributed by atoms with van der Waals surface area (Å²) in [6.45, 7) is 0. The number of nitrogens with two attached hydrogens (primary N) is 1. The summed E-state index contributed by atoms with van der Waals surface area (Å²) in [7, 11) is 0. The van der Waals surface area contributed by atoms with E-state index in [-0.39, 0.29) is 16.8 Å². The number of aromatic amines is 1. The molecule has 0 aromatic carbocycles. The van der Waals surface area contributed by atoms with E-state index < -0.39 is 0 Å². The minimum absolute atomic E-state index is 0.139. The molecule has 2 heterocycles. The number of hydrogen-bond acceptors (Lipinski definition) is 5. The van der Waals surface area contributed by atoms with Crippen LogP contribution in [0.3, 0.4) is 0 Å². The van der Waals surface area contributed by atoms with E-state index in [1.165, 1.54) is 0 Å². The van der Waals surface area contributed by atoms with E-state index in [2.05, 4.69) is 15.1 Å². The maximum atomic E-state index is 11.7. The summed E-state index contributed by atoms with van der Waals surface area (Å²) in [5, 5.41) is 4.01. The van der Waals surface area contributed by atoms with Gasteiger partial charge in [-0.1, -0.05) is 0 Å². The number of pyridine rings is 2. The van der Waals surface area contributed by atoms with Crippen LogP contribution in [0.2, 0.25) is 0 Å². The zero-order valence-electron chi connectivity index (χ0n) is 8.27. The molecule has 6 nitrogen and oxygen atoms in total. The van der Waals surface area contributed by atoms with Gasteiger partial charge in [0.2, 0.25) is 0 Å². The molecule has 80 valence electrons. The molecule has 0 unspecified atom stereocenters. The Morgan fingerprint density at radius 1 is 1.62 bits per heavy atom. The Kier molecular flexibility index (Phi) is 2.47. The van der Waals surface area contributed by atoms with Crippen molar-refractivity contribution in [3.63, 3.8) is 0 Å². The lowest BCUT2D eigenvalue weighted by Crippen LogP contribution is -2.11. The first-order valence-corrected chi connectivity index (χ1v) is 4.53. The van der Waals surface area contributed by atoms with Crippen LogP contribution in [0.5, 0.6) is 0 Å². The summed E-state index contributed by atoms with van der Waals surface area (Å²) in [5.74, 6) is 0. The molecule has 0 spiro atoms. The van der Waals surface area contributed by atoms with Gasteiger partial charge in [0.25, 0.3) is 5.56 Å². The number of fused-ring (bicyclic) bond motifs is 1. The standard InChI is InChI=1S/C10H9N5O/c11-4-8(15-12)7-3-6-1-2-13-5-9(6)14-10(7)16/h1-5,12H,11H2,(H,14,16)/b8-4-,15-12?. The van der Waals surface area contributed by atoms with Gasteiger partial charge < -0.3 is 10.7 Å². The number of hydrogen-bond donors (Lipinski definition) is 3. The normalized spacial score (nSPS) is 11.6. The Morgan fingerprint density at radius 3 is 3.12 bits per heavy atom. The highest BCUT2D eigenvalue weighted by molar-refractivity contribution is 5.81. The molecule has 0 aliphatic rings. The first kappa shape index (κ1) is 10.0. The van der Waals surface area contributed by atoms with Crippen LogP contribution in [-0.4, -0.2) is 9.97 Å². The topological polar surface area (TPSA) is 108 Å². The Morgan fingerprint density at radius 2 is 2.44 bits per heavy atom. The molecule has 2 aromatic rings. The second-order valence-corrected chi connectivity index (χ2v) is 3.14. The first-order chi connectivity index (χ1) is 7.76. The summed E-state index contributed by atoms with van der Waals surface area (Å²) in [6.07, 6.45) is 4.31. The van der Waals surface area contributed by atoms with Gasteiger partial charge in [0, 0.05) is 17.8 Å². The molecule has 0 atom stereocenters. The van der Waals surface area contributed by atoms with Crippen LogP contribution in [0.4, 0.5) is 0 Å². The third-order valence-corrected chi connectivity index (χ3v) is 2.20. The number of nitrogens with zero attached hydrogens (tertiary/aromatic N) is 2. The lowest BCUT2D eigenvalue weighted by molar-refractivity contribution is 1.13. The molecule has 4 N–H and O–H groups in total. The molecule has 0 saturated carbocycles. The molecular weight excluding hydrogens is 206 g/mol. The van der Waals surface area contributed by atoms with Gasteiger partial charge in [0.1, 0.15) is 5.70 Å². The molecule has 0 fully saturated rings. The van der Waals surface area contributed by atoms with E-state index in [9.17, 15) is 4.79 Å². The number of nitrogens with one attached hydrogen (secondary N) is 2. The van der Waals surface area contributed by atoms with Crippen LogP contribution < -0.4 is 11.3 Å². The van der Waals surface area contributed by atoms with E-state index >= 15 is 0 Å². The van der Waals surface area contributed by atoms with Crippen molar-refractivity contribution < 1.29 is 0 Å². The number of rotatable bonds is 2. The van der Waals surface area contributed by atoms with Crippen LogP contribution in [0.1, 0.15) is 5.56 Å². The molecule has 2 rings (SSSR count). The zero-order valence-corrected chi connectivity index (χ0v) is 8.27. The summed E-state index contributed by atoms with van der Waals surface area (Å²) >= 11 is 0. The number of H-pyrrole nitrogens is 1. The van der Waals surface area contributed by atoms with Gasteiger partial charge in [-0.3, -0.25) is 9.78 Å². The predicted octanol–water partition coefficient (Wildman–Crippen LogP) is 1.21. The van der Waals surface area contributed by atoms with Crippen molar-refractivity contribution in [3.8, 4) is 0 Å². The van der Waals surface area contributed by atoms with Gasteiger partial charge in [-0.25, -0.2) is 5.53 Å². The summed E-state index contributed by atoms with van der Waals surface area (Å²) in [4.78, 5) is 18.2.